The largest absolute Gasteiger partial charge is 0.346 e. The van der Waals surface area contributed by atoms with E-state index in [1.54, 1.807) is 18.2 Å². The van der Waals surface area contributed by atoms with Gasteiger partial charge in [0.25, 0.3) is 11.8 Å². The van der Waals surface area contributed by atoms with E-state index in [1.807, 2.05) is 37.3 Å². The lowest BCUT2D eigenvalue weighted by molar-refractivity contribution is 0.0937. The van der Waals surface area contributed by atoms with Crippen LogP contribution in [-0.4, -0.2) is 20.2 Å². The maximum atomic E-state index is 14.6. The number of rotatable bonds is 5. The molecule has 6 nitrogen and oxygen atoms in total. The minimum absolute atomic E-state index is 0.0151. The van der Waals surface area contributed by atoms with Crippen LogP contribution in [0.2, 0.25) is 0 Å². The highest BCUT2D eigenvalue weighted by molar-refractivity contribution is 7.91. The van der Waals surface area contributed by atoms with Crippen molar-refractivity contribution in [3.63, 3.8) is 0 Å². The average molecular weight is 515 g/mol. The van der Waals surface area contributed by atoms with Crippen molar-refractivity contribution >= 4 is 27.3 Å². The van der Waals surface area contributed by atoms with Crippen LogP contribution in [-0.2, 0) is 16.4 Å². The molecule has 186 valence electrons. The molecule has 1 heterocycles. The van der Waals surface area contributed by atoms with Gasteiger partial charge in [-0.3, -0.25) is 9.59 Å². The molecule has 4 aromatic rings. The fraction of sp³-hybridized carbons (Fsp3) is 0.103. The highest BCUT2D eigenvalue weighted by Gasteiger charge is 2.36. The normalized spacial score (nSPS) is 14.8. The molecule has 8 heteroatoms. The molecule has 4 aromatic carbocycles. The fourth-order valence-corrected chi connectivity index (χ4v) is 6.04. The van der Waals surface area contributed by atoms with Crippen LogP contribution in [0.25, 0.3) is 0 Å². The summed E-state index contributed by atoms with van der Waals surface area (Å²) in [6, 6.07) is 25.1. The molecule has 0 fully saturated rings. The Balaban J connectivity index is 1.61. The van der Waals surface area contributed by atoms with Crippen molar-refractivity contribution in [2.24, 2.45) is 0 Å². The number of fused-ring (bicyclic) bond motifs is 2. The van der Waals surface area contributed by atoms with E-state index in [0.29, 0.717) is 0 Å². The molecule has 37 heavy (non-hydrogen) atoms. The van der Waals surface area contributed by atoms with Crippen molar-refractivity contribution in [3.05, 3.63) is 125 Å². The predicted molar refractivity (Wildman–Crippen MR) is 138 cm³/mol. The number of carbonyl (C=O) groups is 2. The van der Waals surface area contributed by atoms with E-state index in [9.17, 15) is 22.4 Å². The van der Waals surface area contributed by atoms with Crippen LogP contribution in [0.3, 0.4) is 0 Å². The Morgan fingerprint density at radius 3 is 2.32 bits per heavy atom. The molecular weight excluding hydrogens is 491 g/mol. The molecule has 1 aliphatic heterocycles. The quantitative estimate of drug-likeness (QED) is 0.391. The Labute approximate surface area is 214 Å². The van der Waals surface area contributed by atoms with E-state index in [4.69, 9.17) is 0 Å². The van der Waals surface area contributed by atoms with Gasteiger partial charge in [0.2, 0.25) is 9.84 Å². The summed E-state index contributed by atoms with van der Waals surface area (Å²) in [5.74, 6) is -1.56. The number of carbonyl (C=O) groups excluding carboxylic acids is 2. The van der Waals surface area contributed by atoms with Crippen molar-refractivity contribution in [1.29, 1.82) is 0 Å². The van der Waals surface area contributed by atoms with Crippen LogP contribution in [0.5, 0.6) is 0 Å². The number of nitrogens with one attached hydrogen (secondary N) is 1. The number of sulfone groups is 1. The molecule has 0 radical (unpaired) electrons. The summed E-state index contributed by atoms with van der Waals surface area (Å²) >= 11 is 0. The summed E-state index contributed by atoms with van der Waals surface area (Å²) in [6.07, 6.45) is 0. The fourth-order valence-electron chi connectivity index (χ4n) is 4.41. The van der Waals surface area contributed by atoms with Crippen molar-refractivity contribution in [2.45, 2.75) is 29.3 Å². The second kappa shape index (κ2) is 9.63. The highest BCUT2D eigenvalue weighted by atomic mass is 32.2. The number of hydrogen-bond donors (Lipinski definition) is 1. The molecule has 0 bridgehead atoms. The molecule has 0 aliphatic carbocycles. The number of amides is 2. The van der Waals surface area contributed by atoms with Gasteiger partial charge in [-0.15, -0.1) is 0 Å². The van der Waals surface area contributed by atoms with Crippen molar-refractivity contribution in [2.75, 3.05) is 4.90 Å². The number of halogens is 1. The zero-order chi connectivity index (χ0) is 26.2. The summed E-state index contributed by atoms with van der Waals surface area (Å²) in [6.45, 7) is 1.62. The third kappa shape index (κ3) is 4.51. The van der Waals surface area contributed by atoms with E-state index in [2.05, 4.69) is 5.32 Å². The van der Waals surface area contributed by atoms with E-state index in [-0.39, 0.29) is 44.8 Å². The van der Waals surface area contributed by atoms with Gasteiger partial charge in [0, 0.05) is 11.1 Å². The third-order valence-electron chi connectivity index (χ3n) is 6.39. The second-order valence-corrected chi connectivity index (χ2v) is 10.7. The summed E-state index contributed by atoms with van der Waals surface area (Å²) in [7, 11) is -4.10. The predicted octanol–water partition coefficient (Wildman–Crippen LogP) is 5.31. The van der Waals surface area contributed by atoms with Gasteiger partial charge >= 0.3 is 0 Å². The Kier molecular flexibility index (Phi) is 6.35. The highest BCUT2D eigenvalue weighted by Crippen LogP contribution is 2.38. The zero-order valence-corrected chi connectivity index (χ0v) is 20.7. The standard InChI is InChI=1S/C29H23FN2O4S/c1-19(20-9-3-2-4-10-20)31-28(33)21-15-16-27-25(17-21)32(18-22-11-5-7-13-24(22)30)29(34)23-12-6-8-14-26(23)37(27,35)36/h2-17,19H,18H2,1H3,(H,31,33). The van der Waals surface area contributed by atoms with Crippen LogP contribution in [0.15, 0.2) is 107 Å². The van der Waals surface area contributed by atoms with Crippen molar-refractivity contribution in [1.82, 2.24) is 5.32 Å². The molecule has 1 unspecified atom stereocenters. The van der Waals surface area contributed by atoms with Gasteiger partial charge in [-0.2, -0.15) is 0 Å². The van der Waals surface area contributed by atoms with Gasteiger partial charge in [0.15, 0.2) is 0 Å². The Bertz CT molecular complexity index is 1620. The summed E-state index contributed by atoms with van der Waals surface area (Å²) in [5, 5.41) is 2.91. The maximum Gasteiger partial charge on any atom is 0.259 e. The summed E-state index contributed by atoms with van der Waals surface area (Å²) in [5.41, 5.74) is 1.29. The topological polar surface area (TPSA) is 83.6 Å². The molecule has 1 atom stereocenters. The number of nitrogens with zero attached hydrogens (tertiary/aromatic N) is 1. The zero-order valence-electron chi connectivity index (χ0n) is 19.9. The SMILES string of the molecule is CC(NC(=O)c1ccc2c(c1)N(Cc1ccccc1F)C(=O)c1ccccc1S2(=O)=O)c1ccccc1. The van der Waals surface area contributed by atoms with E-state index in [1.165, 1.54) is 53.4 Å². The molecular formula is C29H23FN2O4S. The first-order valence-corrected chi connectivity index (χ1v) is 13.1. The van der Waals surface area contributed by atoms with Crippen molar-refractivity contribution < 1.29 is 22.4 Å². The van der Waals surface area contributed by atoms with Gasteiger partial charge < -0.3 is 10.2 Å². The molecule has 1 N–H and O–H groups in total. The summed E-state index contributed by atoms with van der Waals surface area (Å²) in [4.78, 5) is 27.8. The van der Waals surface area contributed by atoms with E-state index >= 15 is 0 Å². The van der Waals surface area contributed by atoms with Crippen LogP contribution < -0.4 is 10.2 Å². The average Bonchev–Trinajstić information content (AvgIpc) is 2.98. The lowest BCUT2D eigenvalue weighted by atomic mass is 10.1. The third-order valence-corrected chi connectivity index (χ3v) is 8.25. The number of benzene rings is 4. The van der Waals surface area contributed by atoms with Crippen LogP contribution >= 0.6 is 0 Å². The lowest BCUT2D eigenvalue weighted by Gasteiger charge is -2.24. The lowest BCUT2D eigenvalue weighted by Crippen LogP contribution is -2.31. The van der Waals surface area contributed by atoms with Gasteiger partial charge in [-0.05, 0) is 48.9 Å². The Morgan fingerprint density at radius 1 is 0.892 bits per heavy atom. The first-order valence-electron chi connectivity index (χ1n) is 11.7. The molecule has 0 aromatic heterocycles. The number of anilines is 1. The molecule has 0 spiro atoms. The van der Waals surface area contributed by atoms with E-state index in [0.717, 1.165) is 5.56 Å². The van der Waals surface area contributed by atoms with Crippen LogP contribution in [0.4, 0.5) is 10.1 Å². The molecule has 2 amide bonds. The van der Waals surface area contributed by atoms with Gasteiger partial charge in [-0.25, -0.2) is 12.8 Å². The minimum Gasteiger partial charge on any atom is -0.346 e. The first-order chi connectivity index (χ1) is 17.8. The molecule has 0 saturated carbocycles. The summed E-state index contributed by atoms with van der Waals surface area (Å²) < 4.78 is 41.8. The van der Waals surface area contributed by atoms with E-state index < -0.39 is 27.5 Å². The second-order valence-electron chi connectivity index (χ2n) is 8.77. The van der Waals surface area contributed by atoms with Gasteiger partial charge in [0.1, 0.15) is 5.82 Å². The smallest absolute Gasteiger partial charge is 0.259 e. The Morgan fingerprint density at radius 2 is 1.57 bits per heavy atom. The monoisotopic (exact) mass is 514 g/mol. The number of hydrogen-bond acceptors (Lipinski definition) is 4. The van der Waals surface area contributed by atoms with Crippen LogP contribution in [0, 0.1) is 5.82 Å². The molecule has 0 saturated heterocycles. The molecule has 1 aliphatic rings. The minimum atomic E-state index is -4.10. The van der Waals surface area contributed by atoms with Crippen molar-refractivity contribution in [3.8, 4) is 0 Å². The van der Waals surface area contributed by atoms with Gasteiger partial charge in [-0.1, -0.05) is 60.7 Å². The maximum absolute atomic E-state index is 14.6. The molecule has 5 rings (SSSR count). The Hall–Kier alpha value is -4.30. The first kappa shape index (κ1) is 24.4. The van der Waals surface area contributed by atoms with Gasteiger partial charge in [0.05, 0.1) is 33.6 Å². The van der Waals surface area contributed by atoms with Crippen LogP contribution in [0.1, 0.15) is 44.8 Å².